The maximum absolute atomic E-state index is 13.3. The topological polar surface area (TPSA) is 130 Å². The Morgan fingerprint density at radius 3 is 2.52 bits per heavy atom. The van der Waals surface area contributed by atoms with Gasteiger partial charge in [0.1, 0.15) is 24.2 Å². The zero-order valence-corrected chi connectivity index (χ0v) is 24.2. The van der Waals surface area contributed by atoms with Crippen LogP contribution in [0.15, 0.2) is 30.5 Å². The largest absolute Gasteiger partial charge is 0.455 e. The van der Waals surface area contributed by atoms with Crippen molar-refractivity contribution < 1.29 is 23.9 Å². The number of hydrogen-bond acceptors (Lipinski definition) is 7. The molecular weight excluding hydrogens is 510 g/mol. The van der Waals surface area contributed by atoms with Crippen molar-refractivity contribution in [2.24, 2.45) is 11.3 Å². The summed E-state index contributed by atoms with van der Waals surface area (Å²) in [4.78, 5) is 57.3. The summed E-state index contributed by atoms with van der Waals surface area (Å²) < 4.78 is 5.76. The Morgan fingerprint density at radius 1 is 1.05 bits per heavy atom. The molecule has 1 saturated heterocycles. The maximum atomic E-state index is 13.3. The van der Waals surface area contributed by atoms with E-state index < -0.39 is 41.5 Å². The Morgan fingerprint density at radius 2 is 1.80 bits per heavy atom. The van der Waals surface area contributed by atoms with Crippen LogP contribution in [-0.4, -0.2) is 58.4 Å². The summed E-state index contributed by atoms with van der Waals surface area (Å²) >= 11 is 0. The lowest BCUT2D eigenvalue weighted by Gasteiger charge is -2.35. The molecule has 3 heterocycles. The highest BCUT2D eigenvalue weighted by molar-refractivity contribution is 5.93. The molecule has 2 aromatic rings. The molecule has 10 nitrogen and oxygen atoms in total. The minimum absolute atomic E-state index is 0.193. The lowest BCUT2D eigenvalue weighted by atomic mass is 9.84. The summed E-state index contributed by atoms with van der Waals surface area (Å²) in [6.45, 7) is 11.2. The van der Waals surface area contributed by atoms with Gasteiger partial charge in [-0.25, -0.2) is 5.43 Å². The van der Waals surface area contributed by atoms with Crippen LogP contribution in [0.2, 0.25) is 0 Å². The molecule has 2 aliphatic heterocycles. The number of aromatic nitrogens is 1. The van der Waals surface area contributed by atoms with Crippen LogP contribution in [0, 0.1) is 11.3 Å². The van der Waals surface area contributed by atoms with Crippen molar-refractivity contribution in [2.45, 2.75) is 91.5 Å². The first-order chi connectivity index (χ1) is 18.9. The Bertz CT molecular complexity index is 1290. The van der Waals surface area contributed by atoms with Gasteiger partial charge in [-0.05, 0) is 62.5 Å². The summed E-state index contributed by atoms with van der Waals surface area (Å²) in [7, 11) is 0. The van der Waals surface area contributed by atoms with Gasteiger partial charge >= 0.3 is 5.97 Å². The fourth-order valence-corrected chi connectivity index (χ4v) is 5.06. The molecule has 1 aromatic heterocycles. The number of aryl methyl sites for hydroxylation is 1. The summed E-state index contributed by atoms with van der Waals surface area (Å²) in [6.07, 6.45) is 3.52. The average Bonchev–Trinajstić information content (AvgIpc) is 2.92. The number of amides is 3. The summed E-state index contributed by atoms with van der Waals surface area (Å²) in [5.41, 5.74) is 3.94. The van der Waals surface area contributed by atoms with Crippen molar-refractivity contribution in [1.82, 2.24) is 26.1 Å². The molecule has 2 unspecified atom stereocenters. The van der Waals surface area contributed by atoms with Crippen LogP contribution >= 0.6 is 0 Å². The van der Waals surface area contributed by atoms with Gasteiger partial charge in [0, 0.05) is 23.5 Å². The molecule has 0 radical (unpaired) electrons. The van der Waals surface area contributed by atoms with Gasteiger partial charge < -0.3 is 15.4 Å². The monoisotopic (exact) mass is 551 g/mol. The van der Waals surface area contributed by atoms with E-state index in [1.807, 2.05) is 45.9 Å². The number of cyclic esters (lactones) is 1. The minimum atomic E-state index is -0.865. The van der Waals surface area contributed by atoms with Crippen molar-refractivity contribution in [3.05, 3.63) is 41.7 Å². The van der Waals surface area contributed by atoms with E-state index in [2.05, 4.69) is 27.1 Å². The number of carbonyl (C=O) groups is 4. The third-order valence-corrected chi connectivity index (χ3v) is 7.87. The van der Waals surface area contributed by atoms with Crippen LogP contribution in [0.3, 0.4) is 0 Å². The second-order valence-electron chi connectivity index (χ2n) is 12.0. The van der Waals surface area contributed by atoms with Gasteiger partial charge in [-0.1, -0.05) is 45.9 Å². The molecule has 4 atom stereocenters. The summed E-state index contributed by atoms with van der Waals surface area (Å²) in [5.74, 6) is -1.67. The third kappa shape index (κ3) is 6.60. The predicted octanol–water partition coefficient (Wildman–Crippen LogP) is 2.95. The van der Waals surface area contributed by atoms with E-state index in [1.54, 1.807) is 20.0 Å². The summed E-state index contributed by atoms with van der Waals surface area (Å²) in [6, 6.07) is 5.65. The first-order valence-electron chi connectivity index (χ1n) is 14.1. The normalized spacial score (nSPS) is 26.8. The van der Waals surface area contributed by atoms with E-state index >= 15 is 0 Å². The fourth-order valence-electron chi connectivity index (χ4n) is 5.06. The number of rotatable bonds is 1. The Labute approximate surface area is 235 Å². The van der Waals surface area contributed by atoms with E-state index in [0.29, 0.717) is 37.9 Å². The smallest absolute Gasteiger partial charge is 0.325 e. The van der Waals surface area contributed by atoms with E-state index in [1.165, 1.54) is 5.01 Å². The zero-order chi connectivity index (χ0) is 29.2. The van der Waals surface area contributed by atoms with E-state index in [0.717, 1.165) is 16.3 Å². The number of benzene rings is 1. The number of hydrazine groups is 1. The standard InChI is InChI=1S/C30H41N5O5/c1-17(2)25-26(36)32-18(3)27(37)35-13-7-8-23(34-35)28(38)40-19(4)24-15-22-14-20(9-10-21(22)16-31-24)11-12-30(5,6)29(39)33-25/h9-10,14-19,23,25,34H,7-8,11-13H2,1-6H3,(H,32,36)(H,33,39)/t18?,19-,23+,25?/m1/s1. The van der Waals surface area contributed by atoms with Gasteiger partial charge in [-0.3, -0.25) is 29.2 Å². The van der Waals surface area contributed by atoms with E-state index in [4.69, 9.17) is 4.74 Å². The molecule has 3 N–H and O–H groups in total. The molecule has 2 aliphatic rings. The molecule has 0 spiro atoms. The van der Waals surface area contributed by atoms with Gasteiger partial charge in [0.15, 0.2) is 0 Å². The van der Waals surface area contributed by atoms with Crippen LogP contribution in [0.4, 0.5) is 0 Å². The number of ether oxygens (including phenoxy) is 1. The van der Waals surface area contributed by atoms with Crippen LogP contribution < -0.4 is 16.1 Å². The molecule has 5 bridgehead atoms. The quantitative estimate of drug-likeness (QED) is 0.465. The second-order valence-corrected chi connectivity index (χ2v) is 12.0. The number of nitrogens with zero attached hydrogens (tertiary/aromatic N) is 2. The Kier molecular flexibility index (Phi) is 8.77. The Hall–Kier alpha value is -3.53. The summed E-state index contributed by atoms with van der Waals surface area (Å²) in [5, 5.41) is 8.99. The molecule has 0 saturated carbocycles. The van der Waals surface area contributed by atoms with Crippen LogP contribution in [0.5, 0.6) is 0 Å². The SMILES string of the molecule is CC1NC(=O)C(C(C)C)NC(=O)C(C)(C)CCc2ccc3cnc(cc3c2)[C@@H](C)OC(=O)[C@@H]2CCCN(N2)C1=O. The molecule has 4 rings (SSSR count). The molecule has 10 heteroatoms. The van der Waals surface area contributed by atoms with Crippen LogP contribution in [-0.2, 0) is 30.3 Å². The van der Waals surface area contributed by atoms with Gasteiger partial charge in [-0.15, -0.1) is 0 Å². The molecule has 3 amide bonds. The first-order valence-corrected chi connectivity index (χ1v) is 14.1. The lowest BCUT2D eigenvalue weighted by Crippen LogP contribution is -2.61. The van der Waals surface area contributed by atoms with Crippen LogP contribution in [0.1, 0.15) is 78.2 Å². The number of hydrogen-bond donors (Lipinski definition) is 3. The fraction of sp³-hybridized carbons (Fsp3) is 0.567. The Balaban J connectivity index is 1.66. The highest BCUT2D eigenvalue weighted by Crippen LogP contribution is 2.27. The van der Waals surface area contributed by atoms with Gasteiger partial charge in [0.2, 0.25) is 11.8 Å². The van der Waals surface area contributed by atoms with Gasteiger partial charge in [0.05, 0.1) is 5.69 Å². The number of fused-ring (bicyclic) bond motifs is 4. The lowest BCUT2D eigenvalue weighted by molar-refractivity contribution is -0.157. The first kappa shape index (κ1) is 29.5. The number of esters is 1. The van der Waals surface area contributed by atoms with Gasteiger partial charge in [-0.2, -0.15) is 0 Å². The van der Waals surface area contributed by atoms with E-state index in [9.17, 15) is 19.2 Å². The second kappa shape index (κ2) is 11.9. The highest BCUT2D eigenvalue weighted by Gasteiger charge is 2.36. The predicted molar refractivity (Wildman–Crippen MR) is 151 cm³/mol. The minimum Gasteiger partial charge on any atom is -0.455 e. The van der Waals surface area contributed by atoms with Crippen molar-refractivity contribution >= 4 is 34.5 Å². The van der Waals surface area contributed by atoms with Crippen LogP contribution in [0.25, 0.3) is 10.8 Å². The number of pyridine rings is 1. The average molecular weight is 552 g/mol. The molecule has 1 fully saturated rings. The van der Waals surface area contributed by atoms with Crippen molar-refractivity contribution in [2.75, 3.05) is 6.54 Å². The molecular formula is C30H41N5O5. The highest BCUT2D eigenvalue weighted by atomic mass is 16.5. The maximum Gasteiger partial charge on any atom is 0.325 e. The van der Waals surface area contributed by atoms with Crippen molar-refractivity contribution in [1.29, 1.82) is 0 Å². The molecule has 40 heavy (non-hydrogen) atoms. The third-order valence-electron chi connectivity index (χ3n) is 7.87. The number of carbonyl (C=O) groups excluding carboxylic acids is 4. The van der Waals surface area contributed by atoms with Gasteiger partial charge in [0.25, 0.3) is 5.91 Å². The molecule has 1 aromatic carbocycles. The number of nitrogens with one attached hydrogen (secondary N) is 3. The van der Waals surface area contributed by atoms with E-state index in [-0.39, 0.29) is 17.7 Å². The zero-order valence-electron chi connectivity index (χ0n) is 24.2. The van der Waals surface area contributed by atoms with Crippen molar-refractivity contribution in [3.8, 4) is 0 Å². The molecule has 216 valence electrons. The van der Waals surface area contributed by atoms with Crippen molar-refractivity contribution in [3.63, 3.8) is 0 Å². The molecule has 0 aliphatic carbocycles.